The van der Waals surface area contributed by atoms with Gasteiger partial charge in [-0.15, -0.1) is 0 Å². The summed E-state index contributed by atoms with van der Waals surface area (Å²) in [7, 11) is 0. The smallest absolute Gasteiger partial charge is 0.0685 e. The van der Waals surface area contributed by atoms with E-state index in [1.54, 1.807) is 0 Å². The summed E-state index contributed by atoms with van der Waals surface area (Å²) in [5, 5.41) is 7.82. The summed E-state index contributed by atoms with van der Waals surface area (Å²) >= 11 is 0. The number of aryl methyl sites for hydroxylation is 1. The average Bonchev–Trinajstić information content (AvgIpc) is 2.84. The minimum atomic E-state index is 0.495. The zero-order valence-corrected chi connectivity index (χ0v) is 11.4. The van der Waals surface area contributed by atoms with E-state index in [2.05, 4.69) is 61.5 Å². The largest absolute Gasteiger partial charge is 0.310 e. The molecule has 1 N–H and O–H groups in total. The second kappa shape index (κ2) is 5.83. The van der Waals surface area contributed by atoms with Crippen LogP contribution in [-0.4, -0.2) is 15.8 Å². The fourth-order valence-corrected chi connectivity index (χ4v) is 2.05. The number of nitrogens with zero attached hydrogens (tertiary/aromatic N) is 2. The normalized spacial score (nSPS) is 11.1. The van der Waals surface area contributed by atoms with Crippen LogP contribution in [0, 0.1) is 0 Å². The van der Waals surface area contributed by atoms with Crippen LogP contribution in [0.2, 0.25) is 0 Å². The Bertz CT molecular complexity index is 500. The van der Waals surface area contributed by atoms with Gasteiger partial charge in [0.25, 0.3) is 0 Å². The second-order valence-corrected chi connectivity index (χ2v) is 4.72. The van der Waals surface area contributed by atoms with Gasteiger partial charge in [0, 0.05) is 30.9 Å². The highest BCUT2D eigenvalue weighted by molar-refractivity contribution is 5.63. The van der Waals surface area contributed by atoms with E-state index in [1.165, 1.54) is 16.8 Å². The zero-order valence-electron chi connectivity index (χ0n) is 11.4. The lowest BCUT2D eigenvalue weighted by molar-refractivity contribution is 0.588. The molecule has 0 aliphatic carbocycles. The molecule has 0 spiro atoms. The van der Waals surface area contributed by atoms with E-state index in [1.807, 2.05) is 10.9 Å². The molecule has 0 fully saturated rings. The van der Waals surface area contributed by atoms with E-state index in [9.17, 15) is 0 Å². The molecule has 96 valence electrons. The van der Waals surface area contributed by atoms with Gasteiger partial charge in [0.1, 0.15) is 0 Å². The number of hydrogen-bond donors (Lipinski definition) is 1. The van der Waals surface area contributed by atoms with Crippen molar-refractivity contribution in [2.24, 2.45) is 0 Å². The van der Waals surface area contributed by atoms with Crippen molar-refractivity contribution in [1.82, 2.24) is 15.1 Å². The number of benzene rings is 1. The van der Waals surface area contributed by atoms with Crippen molar-refractivity contribution < 1.29 is 0 Å². The van der Waals surface area contributed by atoms with Crippen LogP contribution in [0.1, 0.15) is 26.3 Å². The Balaban J connectivity index is 2.32. The molecular formula is C15H21N3. The van der Waals surface area contributed by atoms with Gasteiger partial charge in [0.2, 0.25) is 0 Å². The van der Waals surface area contributed by atoms with E-state index in [0.717, 1.165) is 13.1 Å². The highest BCUT2D eigenvalue weighted by Crippen LogP contribution is 2.23. The van der Waals surface area contributed by atoms with Crippen molar-refractivity contribution in [3.05, 3.63) is 42.1 Å². The van der Waals surface area contributed by atoms with Gasteiger partial charge in [-0.2, -0.15) is 5.10 Å². The molecule has 1 aromatic heterocycles. The highest BCUT2D eigenvalue weighted by atomic mass is 15.3. The SMILES string of the molecule is CCn1nccc1-c1ccccc1CNC(C)C. The van der Waals surface area contributed by atoms with E-state index in [4.69, 9.17) is 0 Å². The molecule has 1 aromatic carbocycles. The van der Waals surface area contributed by atoms with Crippen molar-refractivity contribution >= 4 is 0 Å². The summed E-state index contributed by atoms with van der Waals surface area (Å²) in [6, 6.07) is 11.1. The van der Waals surface area contributed by atoms with Crippen molar-refractivity contribution in [2.45, 2.75) is 39.9 Å². The van der Waals surface area contributed by atoms with Gasteiger partial charge in [-0.1, -0.05) is 38.1 Å². The molecule has 0 bridgehead atoms. The molecule has 0 unspecified atom stereocenters. The zero-order chi connectivity index (χ0) is 13.0. The molecule has 3 heteroatoms. The Labute approximate surface area is 109 Å². The molecule has 0 aliphatic rings. The van der Waals surface area contributed by atoms with E-state index >= 15 is 0 Å². The molecule has 0 saturated carbocycles. The van der Waals surface area contributed by atoms with Crippen molar-refractivity contribution in [2.75, 3.05) is 0 Å². The van der Waals surface area contributed by atoms with Crippen molar-refractivity contribution in [3.8, 4) is 11.3 Å². The highest BCUT2D eigenvalue weighted by Gasteiger charge is 2.08. The molecule has 0 radical (unpaired) electrons. The molecule has 1 heterocycles. The van der Waals surface area contributed by atoms with E-state index < -0.39 is 0 Å². The lowest BCUT2D eigenvalue weighted by Crippen LogP contribution is -2.22. The van der Waals surface area contributed by atoms with Crippen LogP contribution in [0.15, 0.2) is 36.5 Å². The number of rotatable bonds is 5. The topological polar surface area (TPSA) is 29.9 Å². The van der Waals surface area contributed by atoms with Crippen LogP contribution in [0.25, 0.3) is 11.3 Å². The Morgan fingerprint density at radius 3 is 2.72 bits per heavy atom. The standard InChI is InChI=1S/C15H21N3/c1-4-18-15(9-10-17-18)14-8-6-5-7-13(14)11-16-12(2)3/h5-10,12,16H,4,11H2,1-3H3. The predicted octanol–water partition coefficient (Wildman–Crippen LogP) is 3.07. The third-order valence-corrected chi connectivity index (χ3v) is 3.01. The van der Waals surface area contributed by atoms with Gasteiger partial charge in [-0.05, 0) is 18.6 Å². The maximum atomic E-state index is 4.34. The van der Waals surface area contributed by atoms with Gasteiger partial charge in [-0.3, -0.25) is 4.68 Å². The first kappa shape index (κ1) is 12.8. The molecule has 0 saturated heterocycles. The molecule has 18 heavy (non-hydrogen) atoms. The maximum absolute atomic E-state index is 4.34. The summed E-state index contributed by atoms with van der Waals surface area (Å²) in [4.78, 5) is 0. The quantitative estimate of drug-likeness (QED) is 0.874. The van der Waals surface area contributed by atoms with E-state index in [-0.39, 0.29) is 0 Å². The van der Waals surface area contributed by atoms with Crippen LogP contribution < -0.4 is 5.32 Å². The van der Waals surface area contributed by atoms with Crippen molar-refractivity contribution in [1.29, 1.82) is 0 Å². The first-order valence-corrected chi connectivity index (χ1v) is 6.55. The number of aromatic nitrogens is 2. The van der Waals surface area contributed by atoms with Crippen LogP contribution in [0.3, 0.4) is 0 Å². The van der Waals surface area contributed by atoms with Gasteiger partial charge in [-0.25, -0.2) is 0 Å². The Hall–Kier alpha value is -1.61. The summed E-state index contributed by atoms with van der Waals surface area (Å²) in [6.07, 6.45) is 1.87. The van der Waals surface area contributed by atoms with Gasteiger partial charge in [0.15, 0.2) is 0 Å². The number of nitrogens with one attached hydrogen (secondary N) is 1. The molecule has 3 nitrogen and oxygen atoms in total. The summed E-state index contributed by atoms with van der Waals surface area (Å²) in [5.41, 5.74) is 3.78. The minimum absolute atomic E-state index is 0.495. The first-order chi connectivity index (χ1) is 8.72. The first-order valence-electron chi connectivity index (χ1n) is 6.55. The predicted molar refractivity (Wildman–Crippen MR) is 75.3 cm³/mol. The van der Waals surface area contributed by atoms with Crippen LogP contribution >= 0.6 is 0 Å². The minimum Gasteiger partial charge on any atom is -0.310 e. The molecule has 0 atom stereocenters. The molecule has 0 amide bonds. The third kappa shape index (κ3) is 2.79. The Morgan fingerprint density at radius 2 is 2.00 bits per heavy atom. The lowest BCUT2D eigenvalue weighted by atomic mass is 10.0. The van der Waals surface area contributed by atoms with Crippen LogP contribution in [-0.2, 0) is 13.1 Å². The molecule has 2 rings (SSSR count). The van der Waals surface area contributed by atoms with Crippen LogP contribution in [0.4, 0.5) is 0 Å². The monoisotopic (exact) mass is 243 g/mol. The van der Waals surface area contributed by atoms with Gasteiger partial charge >= 0.3 is 0 Å². The van der Waals surface area contributed by atoms with Crippen molar-refractivity contribution in [3.63, 3.8) is 0 Å². The third-order valence-electron chi connectivity index (χ3n) is 3.01. The Morgan fingerprint density at radius 1 is 1.22 bits per heavy atom. The van der Waals surface area contributed by atoms with E-state index in [0.29, 0.717) is 6.04 Å². The molecule has 2 aromatic rings. The lowest BCUT2D eigenvalue weighted by Gasteiger charge is -2.13. The summed E-state index contributed by atoms with van der Waals surface area (Å²) in [5.74, 6) is 0. The molecular weight excluding hydrogens is 222 g/mol. The summed E-state index contributed by atoms with van der Waals surface area (Å²) < 4.78 is 2.04. The fraction of sp³-hybridized carbons (Fsp3) is 0.400. The second-order valence-electron chi connectivity index (χ2n) is 4.72. The summed E-state index contributed by atoms with van der Waals surface area (Å²) in [6.45, 7) is 8.24. The Kier molecular flexibility index (Phi) is 4.15. The maximum Gasteiger partial charge on any atom is 0.0685 e. The molecule has 0 aliphatic heterocycles. The van der Waals surface area contributed by atoms with Gasteiger partial charge < -0.3 is 5.32 Å². The van der Waals surface area contributed by atoms with Crippen LogP contribution in [0.5, 0.6) is 0 Å². The number of hydrogen-bond acceptors (Lipinski definition) is 2. The van der Waals surface area contributed by atoms with Gasteiger partial charge in [0.05, 0.1) is 5.69 Å². The average molecular weight is 243 g/mol. The fourth-order valence-electron chi connectivity index (χ4n) is 2.05.